The van der Waals surface area contributed by atoms with Gasteiger partial charge >= 0.3 is 0 Å². The molecule has 3 nitrogen and oxygen atoms in total. The van der Waals surface area contributed by atoms with Crippen molar-refractivity contribution in [3.8, 4) is 5.75 Å². The average Bonchev–Trinajstić information content (AvgIpc) is 2.23. The fourth-order valence-corrected chi connectivity index (χ4v) is 1.62. The van der Waals surface area contributed by atoms with Gasteiger partial charge in [0.2, 0.25) is 0 Å². The van der Waals surface area contributed by atoms with Crippen molar-refractivity contribution in [2.24, 2.45) is 0 Å². The summed E-state index contributed by atoms with van der Waals surface area (Å²) in [4.78, 5) is 2.10. The Morgan fingerprint density at radius 3 is 2.64 bits per heavy atom. The van der Waals surface area contributed by atoms with Gasteiger partial charge in [-0.2, -0.15) is 0 Å². The average molecular weight is 196 g/mol. The van der Waals surface area contributed by atoms with Crippen LogP contribution in [-0.4, -0.2) is 31.3 Å². The molecule has 1 saturated heterocycles. The summed E-state index contributed by atoms with van der Waals surface area (Å²) >= 11 is 0. The number of rotatable bonds is 1. The Balaban J connectivity index is 2.18. The highest BCUT2D eigenvalue weighted by Crippen LogP contribution is 2.22. The number of hydrogen-bond acceptors (Lipinski definition) is 3. The molecule has 0 unspecified atom stereocenters. The summed E-state index contributed by atoms with van der Waals surface area (Å²) in [6.45, 7) is 3.60. The van der Waals surface area contributed by atoms with E-state index in [9.17, 15) is 4.39 Å². The molecule has 1 aromatic carbocycles. The van der Waals surface area contributed by atoms with Crippen molar-refractivity contribution < 1.29 is 9.50 Å². The molecule has 0 spiro atoms. The van der Waals surface area contributed by atoms with Gasteiger partial charge in [-0.05, 0) is 12.1 Å². The Bertz CT molecular complexity index is 324. The van der Waals surface area contributed by atoms with Gasteiger partial charge in [0.1, 0.15) is 0 Å². The first-order valence-corrected chi connectivity index (χ1v) is 4.71. The Kier molecular flexibility index (Phi) is 2.54. The molecule has 0 saturated carbocycles. The molecule has 1 heterocycles. The summed E-state index contributed by atoms with van der Waals surface area (Å²) in [6, 6.07) is 4.51. The summed E-state index contributed by atoms with van der Waals surface area (Å²) in [6.07, 6.45) is 0. The minimum absolute atomic E-state index is 0.288. The molecule has 2 rings (SSSR count). The van der Waals surface area contributed by atoms with E-state index in [2.05, 4.69) is 10.2 Å². The first kappa shape index (κ1) is 9.27. The summed E-state index contributed by atoms with van der Waals surface area (Å²) in [5.74, 6) is -0.843. The second-order valence-corrected chi connectivity index (χ2v) is 3.37. The van der Waals surface area contributed by atoms with Crippen molar-refractivity contribution in [3.05, 3.63) is 24.0 Å². The fraction of sp³-hybridized carbons (Fsp3) is 0.400. The SMILES string of the molecule is Oc1ccc(N2CCNCC2)cc1F. The van der Waals surface area contributed by atoms with Gasteiger partial charge < -0.3 is 15.3 Å². The van der Waals surface area contributed by atoms with Crippen LogP contribution in [0.15, 0.2) is 18.2 Å². The number of benzene rings is 1. The van der Waals surface area contributed by atoms with Crippen molar-refractivity contribution in [2.75, 3.05) is 31.1 Å². The molecule has 76 valence electrons. The highest BCUT2D eigenvalue weighted by molar-refractivity contribution is 5.49. The second-order valence-electron chi connectivity index (χ2n) is 3.37. The number of piperazine rings is 1. The zero-order valence-electron chi connectivity index (χ0n) is 7.83. The highest BCUT2D eigenvalue weighted by Gasteiger charge is 2.11. The Hall–Kier alpha value is -1.29. The van der Waals surface area contributed by atoms with Crippen LogP contribution < -0.4 is 10.2 Å². The number of nitrogens with zero attached hydrogens (tertiary/aromatic N) is 1. The molecule has 0 bridgehead atoms. The first-order valence-electron chi connectivity index (χ1n) is 4.71. The fourth-order valence-electron chi connectivity index (χ4n) is 1.62. The molecular weight excluding hydrogens is 183 g/mol. The van der Waals surface area contributed by atoms with E-state index in [1.165, 1.54) is 12.1 Å². The maximum Gasteiger partial charge on any atom is 0.166 e. The molecule has 4 heteroatoms. The van der Waals surface area contributed by atoms with E-state index in [1.807, 2.05) is 0 Å². The summed E-state index contributed by atoms with van der Waals surface area (Å²) in [5, 5.41) is 12.3. The van der Waals surface area contributed by atoms with Crippen LogP contribution >= 0.6 is 0 Å². The highest BCUT2D eigenvalue weighted by atomic mass is 19.1. The zero-order valence-corrected chi connectivity index (χ0v) is 7.83. The zero-order chi connectivity index (χ0) is 9.97. The van der Waals surface area contributed by atoms with Crippen LogP contribution in [0.4, 0.5) is 10.1 Å². The molecule has 2 N–H and O–H groups in total. The van der Waals surface area contributed by atoms with Crippen molar-refractivity contribution in [1.82, 2.24) is 5.32 Å². The molecule has 0 atom stereocenters. The van der Waals surface area contributed by atoms with Crippen LogP contribution in [0.25, 0.3) is 0 Å². The van der Waals surface area contributed by atoms with E-state index in [4.69, 9.17) is 5.11 Å². The Labute approximate surface area is 82.2 Å². The van der Waals surface area contributed by atoms with Gasteiger partial charge in [0.05, 0.1) is 0 Å². The van der Waals surface area contributed by atoms with Crippen LogP contribution in [0, 0.1) is 5.82 Å². The van der Waals surface area contributed by atoms with E-state index in [-0.39, 0.29) is 5.75 Å². The van der Waals surface area contributed by atoms with Gasteiger partial charge in [-0.1, -0.05) is 0 Å². The van der Waals surface area contributed by atoms with E-state index >= 15 is 0 Å². The van der Waals surface area contributed by atoms with Gasteiger partial charge in [0.15, 0.2) is 11.6 Å². The topological polar surface area (TPSA) is 35.5 Å². The number of anilines is 1. The largest absolute Gasteiger partial charge is 0.505 e. The predicted octanol–water partition coefficient (Wildman–Crippen LogP) is 0.941. The van der Waals surface area contributed by atoms with E-state index in [0.29, 0.717) is 0 Å². The maximum absolute atomic E-state index is 13.0. The first-order chi connectivity index (χ1) is 6.77. The standard InChI is InChI=1S/C10H13FN2O/c11-9-7-8(1-2-10(9)14)13-5-3-12-4-6-13/h1-2,7,12,14H,3-6H2. The van der Waals surface area contributed by atoms with Crippen LogP contribution in [0.3, 0.4) is 0 Å². The Morgan fingerprint density at radius 2 is 2.00 bits per heavy atom. The van der Waals surface area contributed by atoms with Gasteiger partial charge in [0, 0.05) is 37.9 Å². The van der Waals surface area contributed by atoms with Gasteiger partial charge in [-0.3, -0.25) is 0 Å². The molecule has 1 aliphatic rings. The normalized spacial score (nSPS) is 17.1. The lowest BCUT2D eigenvalue weighted by Gasteiger charge is -2.29. The molecule has 0 aliphatic carbocycles. The number of phenolic OH excluding ortho intramolecular Hbond substituents is 1. The molecule has 14 heavy (non-hydrogen) atoms. The minimum Gasteiger partial charge on any atom is -0.505 e. The van der Waals surface area contributed by atoms with Crippen LogP contribution in [0.2, 0.25) is 0 Å². The number of halogens is 1. The third-order valence-corrected chi connectivity index (χ3v) is 2.41. The lowest BCUT2D eigenvalue weighted by molar-refractivity contribution is 0.432. The van der Waals surface area contributed by atoms with Gasteiger partial charge in [-0.15, -0.1) is 0 Å². The van der Waals surface area contributed by atoms with E-state index in [1.54, 1.807) is 6.07 Å². The van der Waals surface area contributed by atoms with E-state index in [0.717, 1.165) is 31.9 Å². The van der Waals surface area contributed by atoms with Crippen molar-refractivity contribution >= 4 is 5.69 Å². The molecular formula is C10H13FN2O. The van der Waals surface area contributed by atoms with Crippen molar-refractivity contribution in [1.29, 1.82) is 0 Å². The number of hydrogen-bond donors (Lipinski definition) is 2. The molecule has 0 amide bonds. The number of phenols is 1. The quantitative estimate of drug-likeness (QED) is 0.701. The maximum atomic E-state index is 13.0. The van der Waals surface area contributed by atoms with Crippen molar-refractivity contribution in [2.45, 2.75) is 0 Å². The third-order valence-electron chi connectivity index (χ3n) is 2.41. The monoisotopic (exact) mass is 196 g/mol. The van der Waals surface area contributed by atoms with Crippen LogP contribution in [0.1, 0.15) is 0 Å². The van der Waals surface area contributed by atoms with Crippen molar-refractivity contribution in [3.63, 3.8) is 0 Å². The molecule has 0 radical (unpaired) electrons. The molecule has 1 aliphatic heterocycles. The lowest BCUT2D eigenvalue weighted by atomic mass is 10.2. The van der Waals surface area contributed by atoms with Gasteiger partial charge in [0.25, 0.3) is 0 Å². The minimum atomic E-state index is -0.555. The lowest BCUT2D eigenvalue weighted by Crippen LogP contribution is -2.43. The third kappa shape index (κ3) is 1.80. The summed E-state index contributed by atoms with van der Waals surface area (Å²) < 4.78 is 13.0. The smallest absolute Gasteiger partial charge is 0.166 e. The predicted molar refractivity (Wildman–Crippen MR) is 53.1 cm³/mol. The Morgan fingerprint density at radius 1 is 1.29 bits per heavy atom. The number of aromatic hydroxyl groups is 1. The molecule has 1 aromatic rings. The number of nitrogens with one attached hydrogen (secondary N) is 1. The summed E-state index contributed by atoms with van der Waals surface area (Å²) in [5.41, 5.74) is 0.835. The van der Waals surface area contributed by atoms with Crippen LogP contribution in [0.5, 0.6) is 5.75 Å². The van der Waals surface area contributed by atoms with Crippen LogP contribution in [-0.2, 0) is 0 Å². The summed E-state index contributed by atoms with van der Waals surface area (Å²) in [7, 11) is 0. The van der Waals surface area contributed by atoms with Gasteiger partial charge in [-0.25, -0.2) is 4.39 Å². The second kappa shape index (κ2) is 3.84. The van der Waals surface area contributed by atoms with E-state index < -0.39 is 5.82 Å². The molecule has 1 fully saturated rings. The molecule has 0 aromatic heterocycles.